The van der Waals surface area contributed by atoms with E-state index in [1.165, 1.54) is 3.57 Å². The van der Waals surface area contributed by atoms with Crippen LogP contribution in [0.15, 0.2) is 18.2 Å². The van der Waals surface area contributed by atoms with E-state index in [1.807, 2.05) is 0 Å². The Hall–Kier alpha value is -0.780. The summed E-state index contributed by atoms with van der Waals surface area (Å²) in [7, 11) is 0. The minimum absolute atomic E-state index is 0.389. The Labute approximate surface area is 116 Å². The molecule has 2 rings (SSSR count). The highest BCUT2D eigenvalue weighted by Gasteiger charge is 2.15. The van der Waals surface area contributed by atoms with Crippen LogP contribution >= 0.6 is 22.6 Å². The Bertz CT molecular complexity index is 531. The molecule has 2 N–H and O–H groups in total. The van der Waals surface area contributed by atoms with Crippen molar-refractivity contribution in [3.05, 3.63) is 21.8 Å². The lowest BCUT2D eigenvalue weighted by Gasteiger charge is -2.17. The van der Waals surface area contributed by atoms with E-state index in [9.17, 15) is 0 Å². The summed E-state index contributed by atoms with van der Waals surface area (Å²) in [4.78, 5) is 4.44. The normalized spacial score (nSPS) is 13.5. The van der Waals surface area contributed by atoms with Crippen LogP contribution in [0.1, 0.15) is 33.2 Å². The molecule has 3 nitrogen and oxygen atoms in total. The van der Waals surface area contributed by atoms with E-state index in [0.29, 0.717) is 17.9 Å². The van der Waals surface area contributed by atoms with Crippen LogP contribution in [-0.4, -0.2) is 9.55 Å². The average molecular weight is 343 g/mol. The van der Waals surface area contributed by atoms with Crippen LogP contribution in [-0.2, 0) is 0 Å². The van der Waals surface area contributed by atoms with Gasteiger partial charge in [0.05, 0.1) is 11.0 Å². The minimum atomic E-state index is 0.389. The van der Waals surface area contributed by atoms with Crippen molar-refractivity contribution in [3.8, 4) is 0 Å². The van der Waals surface area contributed by atoms with Crippen molar-refractivity contribution in [2.24, 2.45) is 5.92 Å². The van der Waals surface area contributed by atoms with Gasteiger partial charge >= 0.3 is 0 Å². The maximum atomic E-state index is 6.03. The van der Waals surface area contributed by atoms with Gasteiger partial charge in [0.1, 0.15) is 0 Å². The zero-order valence-corrected chi connectivity index (χ0v) is 12.6. The van der Waals surface area contributed by atoms with Gasteiger partial charge in [-0.25, -0.2) is 4.98 Å². The molecule has 0 saturated carbocycles. The van der Waals surface area contributed by atoms with Crippen LogP contribution in [0.3, 0.4) is 0 Å². The van der Waals surface area contributed by atoms with Gasteiger partial charge in [-0.2, -0.15) is 0 Å². The fourth-order valence-corrected chi connectivity index (χ4v) is 2.82. The summed E-state index contributed by atoms with van der Waals surface area (Å²) in [6, 6.07) is 6.67. The van der Waals surface area contributed by atoms with Crippen molar-refractivity contribution in [3.63, 3.8) is 0 Å². The monoisotopic (exact) mass is 343 g/mol. The third-order valence-corrected chi connectivity index (χ3v) is 3.60. The van der Waals surface area contributed by atoms with Gasteiger partial charge in [-0.1, -0.05) is 13.8 Å². The molecule has 1 aromatic carbocycles. The number of rotatable bonds is 3. The van der Waals surface area contributed by atoms with Crippen LogP contribution in [0, 0.1) is 9.49 Å². The lowest BCUT2D eigenvalue weighted by atomic mass is 10.1. The number of nitrogens with zero attached hydrogens (tertiary/aromatic N) is 2. The molecule has 0 saturated heterocycles. The highest BCUT2D eigenvalue weighted by Crippen LogP contribution is 2.27. The second-order valence-corrected chi connectivity index (χ2v) is 6.20. The number of aromatic nitrogens is 2. The Kier molecular flexibility index (Phi) is 3.61. The smallest absolute Gasteiger partial charge is 0.201 e. The van der Waals surface area contributed by atoms with Gasteiger partial charge in [0.2, 0.25) is 5.95 Å². The highest BCUT2D eigenvalue weighted by atomic mass is 127. The zero-order chi connectivity index (χ0) is 12.6. The van der Waals surface area contributed by atoms with Crippen molar-refractivity contribution in [2.45, 2.75) is 33.2 Å². The standard InChI is InChI=1S/C13H18IN3/c1-8(2)6-9(3)17-12-5-4-10(14)7-11(12)16-13(17)15/h4-5,7-9H,6H2,1-3H3,(H2,15,16). The number of halogens is 1. The molecule has 0 spiro atoms. The summed E-state index contributed by atoms with van der Waals surface area (Å²) >= 11 is 2.30. The average Bonchev–Trinajstić information content (AvgIpc) is 2.51. The molecule has 0 amide bonds. The van der Waals surface area contributed by atoms with Gasteiger partial charge in [0, 0.05) is 9.61 Å². The van der Waals surface area contributed by atoms with Gasteiger partial charge in [0.25, 0.3) is 0 Å². The molecular weight excluding hydrogens is 325 g/mol. The van der Waals surface area contributed by atoms with Crippen LogP contribution in [0.4, 0.5) is 5.95 Å². The van der Waals surface area contributed by atoms with Crippen LogP contribution in [0.25, 0.3) is 11.0 Å². The first-order valence-corrected chi connectivity index (χ1v) is 7.00. The maximum absolute atomic E-state index is 6.03. The predicted molar refractivity (Wildman–Crippen MR) is 81.0 cm³/mol. The summed E-state index contributed by atoms with van der Waals surface area (Å²) in [6.07, 6.45) is 1.11. The number of nitrogens with two attached hydrogens (primary N) is 1. The molecular formula is C13H18IN3. The second kappa shape index (κ2) is 4.84. The summed E-state index contributed by atoms with van der Waals surface area (Å²) in [5, 5.41) is 0. The number of anilines is 1. The molecule has 2 aromatic rings. The molecule has 0 bridgehead atoms. The molecule has 17 heavy (non-hydrogen) atoms. The van der Waals surface area contributed by atoms with Crippen LogP contribution in [0.2, 0.25) is 0 Å². The Morgan fingerprint density at radius 1 is 1.35 bits per heavy atom. The highest BCUT2D eigenvalue weighted by molar-refractivity contribution is 14.1. The van der Waals surface area contributed by atoms with Gasteiger partial charge < -0.3 is 10.3 Å². The lowest BCUT2D eigenvalue weighted by molar-refractivity contribution is 0.439. The van der Waals surface area contributed by atoms with Crippen molar-refractivity contribution < 1.29 is 0 Å². The van der Waals surface area contributed by atoms with E-state index in [2.05, 4.69) is 71.1 Å². The van der Waals surface area contributed by atoms with Crippen molar-refractivity contribution in [1.29, 1.82) is 0 Å². The minimum Gasteiger partial charge on any atom is -0.369 e. The number of hydrogen-bond acceptors (Lipinski definition) is 2. The van der Waals surface area contributed by atoms with Gasteiger partial charge in [-0.3, -0.25) is 0 Å². The number of hydrogen-bond donors (Lipinski definition) is 1. The largest absolute Gasteiger partial charge is 0.369 e. The fourth-order valence-electron chi connectivity index (χ4n) is 2.34. The molecule has 0 aliphatic carbocycles. The third-order valence-electron chi connectivity index (χ3n) is 2.93. The molecule has 1 aromatic heterocycles. The number of fused-ring (bicyclic) bond motifs is 1. The third kappa shape index (κ3) is 2.56. The summed E-state index contributed by atoms with van der Waals surface area (Å²) in [5.74, 6) is 1.28. The lowest BCUT2D eigenvalue weighted by Crippen LogP contribution is -2.11. The Morgan fingerprint density at radius 3 is 2.71 bits per heavy atom. The van der Waals surface area contributed by atoms with Crippen molar-refractivity contribution >= 4 is 39.6 Å². The molecule has 0 radical (unpaired) electrons. The van der Waals surface area contributed by atoms with Gasteiger partial charge in [-0.15, -0.1) is 0 Å². The first-order valence-electron chi connectivity index (χ1n) is 5.92. The van der Waals surface area contributed by atoms with E-state index in [1.54, 1.807) is 0 Å². The molecule has 1 heterocycles. The van der Waals surface area contributed by atoms with E-state index in [-0.39, 0.29) is 0 Å². The van der Waals surface area contributed by atoms with Crippen molar-refractivity contribution in [2.75, 3.05) is 5.73 Å². The molecule has 0 fully saturated rings. The molecule has 4 heteroatoms. The quantitative estimate of drug-likeness (QED) is 0.861. The summed E-state index contributed by atoms with van der Waals surface area (Å²) in [6.45, 7) is 6.67. The SMILES string of the molecule is CC(C)CC(C)n1c(N)nc2cc(I)ccc21. The predicted octanol–water partition coefficient (Wildman–Crippen LogP) is 3.83. The molecule has 1 unspecified atom stereocenters. The second-order valence-electron chi connectivity index (χ2n) is 4.95. The van der Waals surface area contributed by atoms with E-state index in [0.717, 1.165) is 17.5 Å². The van der Waals surface area contributed by atoms with E-state index >= 15 is 0 Å². The molecule has 1 atom stereocenters. The fraction of sp³-hybridized carbons (Fsp3) is 0.462. The first kappa shape index (κ1) is 12.7. The maximum Gasteiger partial charge on any atom is 0.201 e. The van der Waals surface area contributed by atoms with Crippen LogP contribution < -0.4 is 5.73 Å². The number of imidazole rings is 1. The molecule has 0 aliphatic rings. The summed E-state index contributed by atoms with van der Waals surface area (Å²) in [5.41, 5.74) is 8.16. The van der Waals surface area contributed by atoms with Crippen molar-refractivity contribution in [1.82, 2.24) is 9.55 Å². The zero-order valence-electron chi connectivity index (χ0n) is 10.4. The van der Waals surface area contributed by atoms with Gasteiger partial charge in [-0.05, 0) is 60.1 Å². The summed E-state index contributed by atoms with van der Waals surface area (Å²) < 4.78 is 3.34. The first-order chi connectivity index (χ1) is 7.99. The number of benzene rings is 1. The number of nitrogen functional groups attached to an aromatic ring is 1. The van der Waals surface area contributed by atoms with E-state index < -0.39 is 0 Å². The van der Waals surface area contributed by atoms with Crippen LogP contribution in [0.5, 0.6) is 0 Å². The van der Waals surface area contributed by atoms with E-state index in [4.69, 9.17) is 5.73 Å². The Morgan fingerprint density at radius 2 is 2.06 bits per heavy atom. The molecule has 92 valence electrons. The molecule has 0 aliphatic heterocycles. The Balaban J connectivity index is 2.49. The topological polar surface area (TPSA) is 43.8 Å². The van der Waals surface area contributed by atoms with Gasteiger partial charge in [0.15, 0.2) is 0 Å².